The molecule has 0 radical (unpaired) electrons. The number of nitrogens with zero attached hydrogens (tertiary/aromatic N) is 6. The van der Waals surface area contributed by atoms with Crippen LogP contribution >= 0.6 is 0 Å². The van der Waals surface area contributed by atoms with Crippen LogP contribution in [0.2, 0.25) is 0 Å². The van der Waals surface area contributed by atoms with Crippen LogP contribution in [0.3, 0.4) is 0 Å². The van der Waals surface area contributed by atoms with E-state index in [2.05, 4.69) is 55.0 Å². The summed E-state index contributed by atoms with van der Waals surface area (Å²) in [5, 5.41) is 0. The van der Waals surface area contributed by atoms with Gasteiger partial charge in [-0.25, -0.2) is 37.3 Å². The molecular weight excluding hydrogens is 818 g/mol. The first kappa shape index (κ1) is 46.8. The molecule has 0 bridgehead atoms. The number of hydrogen-bond donors (Lipinski definition) is 1. The first-order chi connectivity index (χ1) is 24.7. The van der Waals surface area contributed by atoms with Gasteiger partial charge in [0, 0.05) is 37.2 Å². The third-order valence-corrected chi connectivity index (χ3v) is 6.11. The Balaban J connectivity index is 0.000000356. The summed E-state index contributed by atoms with van der Waals surface area (Å²) in [4.78, 5) is 25.5. The monoisotopic (exact) mass is 853 g/mol. The van der Waals surface area contributed by atoms with Gasteiger partial charge in [0.05, 0.1) is 34.2 Å². The number of rotatable bonds is 7. The molecule has 2 N–H and O–H groups in total. The minimum absolute atomic E-state index is 0. The molecule has 0 fully saturated rings. The van der Waals surface area contributed by atoms with Crippen molar-refractivity contribution in [1.82, 2.24) is 29.9 Å². The van der Waals surface area contributed by atoms with E-state index in [9.17, 15) is 0 Å². The van der Waals surface area contributed by atoms with Crippen molar-refractivity contribution in [1.29, 1.82) is 0 Å². The van der Waals surface area contributed by atoms with Crippen LogP contribution in [0.5, 0.6) is 0 Å². The van der Waals surface area contributed by atoms with Gasteiger partial charge in [-0.05, 0) is 117 Å². The van der Waals surface area contributed by atoms with Crippen molar-refractivity contribution >= 4 is 0 Å². The second-order valence-electron chi connectivity index (χ2n) is 10.1. The van der Waals surface area contributed by atoms with E-state index < -0.39 is 20.5 Å². The van der Waals surface area contributed by atoms with Gasteiger partial charge in [-0.15, -0.1) is 20.5 Å². The molecule has 18 heteroatoms. The van der Waals surface area contributed by atoms with Gasteiger partial charge in [0.25, 0.3) is 0 Å². The van der Waals surface area contributed by atoms with Crippen LogP contribution in [-0.2, 0) is 25.9 Å². The summed E-state index contributed by atoms with van der Waals surface area (Å²) in [5.74, 6) is 0. The SMILES string of the molecule is Cc1ccnc(-c2cc(CCCCN)ccn2)c1.[O-][Cl+3]([O-])([O-])[O-].[O-][Cl+3]([O-])([O-])[O-].[Ru+2].c1ccc(-c2ccccn2)nc1.c1ccc(-c2ccccn2)nc1. The molecule has 0 aliphatic heterocycles. The van der Waals surface area contributed by atoms with Crippen molar-refractivity contribution in [2.24, 2.45) is 5.73 Å². The Kier molecular flexibility index (Phi) is 22.7. The number of aryl methyl sites for hydroxylation is 2. The van der Waals surface area contributed by atoms with Gasteiger partial charge in [0.15, 0.2) is 0 Å². The molecule has 0 atom stereocenters. The predicted molar refractivity (Wildman–Crippen MR) is 169 cm³/mol. The maximum atomic E-state index is 8.49. The van der Waals surface area contributed by atoms with Gasteiger partial charge in [-0.1, -0.05) is 24.3 Å². The van der Waals surface area contributed by atoms with Crippen molar-refractivity contribution < 1.29 is 77.2 Å². The fraction of sp³-hybridized carbons (Fsp3) is 0.143. The first-order valence-electron chi connectivity index (χ1n) is 15.2. The second-order valence-corrected chi connectivity index (χ2v) is 11.6. The normalized spacial score (nSPS) is 10.2. The fourth-order valence-corrected chi connectivity index (χ4v) is 3.98. The average Bonchev–Trinajstić information content (AvgIpc) is 3.13. The topological polar surface area (TPSA) is 288 Å². The molecule has 280 valence electrons. The minimum Gasteiger partial charge on any atom is -0.330 e. The molecule has 6 heterocycles. The standard InChI is InChI=1S/C15H19N3.2C10H8N2.2ClHO4.Ru/c1-12-5-8-17-14(10-12)15-11-13(6-9-18-15)4-2-3-7-16;2*1-3-7-11-9(5-1)10-6-2-4-8-12-10;2*2-1(3,4)5;/h5-6,8-11H,2-4,7,16H2,1H3;2*1-8H;2*(H,2,3,4,5);/q;;;;;+2/p-2. The van der Waals surface area contributed by atoms with E-state index in [1.807, 2.05) is 91.3 Å². The first-order valence-corrected chi connectivity index (χ1v) is 17.7. The van der Waals surface area contributed by atoms with Crippen molar-refractivity contribution in [3.8, 4) is 34.2 Å². The third kappa shape index (κ3) is 23.8. The van der Waals surface area contributed by atoms with Gasteiger partial charge in [0.2, 0.25) is 0 Å². The van der Waals surface area contributed by atoms with Gasteiger partial charge in [-0.3, -0.25) is 29.9 Å². The van der Waals surface area contributed by atoms with Gasteiger partial charge in [0.1, 0.15) is 0 Å². The number of nitrogens with two attached hydrogens (primary N) is 1. The third-order valence-electron chi connectivity index (χ3n) is 6.11. The Morgan fingerprint density at radius 2 is 0.792 bits per heavy atom. The Morgan fingerprint density at radius 1 is 0.453 bits per heavy atom. The summed E-state index contributed by atoms with van der Waals surface area (Å²) >= 11 is 0. The smallest absolute Gasteiger partial charge is 0.330 e. The Hall–Kier alpha value is -4.26. The summed E-state index contributed by atoms with van der Waals surface area (Å²) in [6.45, 7) is 2.83. The predicted octanol–water partition coefficient (Wildman–Crippen LogP) is -2.49. The largest absolute Gasteiger partial charge is 2.00 e. The van der Waals surface area contributed by atoms with Crippen LogP contribution in [-0.4, -0.2) is 36.4 Å². The zero-order valence-electron chi connectivity index (χ0n) is 28.2. The number of hydrogen-bond acceptors (Lipinski definition) is 15. The van der Waals surface area contributed by atoms with E-state index in [1.165, 1.54) is 11.1 Å². The van der Waals surface area contributed by atoms with Crippen LogP contribution in [0.15, 0.2) is 134 Å². The number of halogens is 2. The Labute approximate surface area is 323 Å². The summed E-state index contributed by atoms with van der Waals surface area (Å²) in [5.41, 5.74) is 13.6. The zero-order chi connectivity index (χ0) is 38.2. The number of aromatic nitrogens is 6. The fourth-order valence-electron chi connectivity index (χ4n) is 3.98. The van der Waals surface area contributed by atoms with Crippen molar-refractivity contribution in [2.75, 3.05) is 6.54 Å². The minimum atomic E-state index is -4.94. The molecule has 0 unspecified atom stereocenters. The molecule has 0 aromatic carbocycles. The van der Waals surface area contributed by atoms with Crippen molar-refractivity contribution in [2.45, 2.75) is 26.2 Å². The second kappa shape index (κ2) is 25.7. The molecule has 15 nitrogen and oxygen atoms in total. The van der Waals surface area contributed by atoms with Crippen LogP contribution < -0.4 is 43.0 Å². The van der Waals surface area contributed by atoms with Crippen molar-refractivity contribution in [3.63, 3.8) is 0 Å². The Bertz CT molecular complexity index is 1640. The summed E-state index contributed by atoms with van der Waals surface area (Å²) in [7, 11) is -9.89. The van der Waals surface area contributed by atoms with E-state index in [0.717, 1.165) is 60.0 Å². The summed E-state index contributed by atoms with van der Waals surface area (Å²) in [6, 6.07) is 31.4. The average molecular weight is 854 g/mol. The molecule has 0 saturated carbocycles. The van der Waals surface area contributed by atoms with E-state index in [1.54, 1.807) is 24.8 Å². The van der Waals surface area contributed by atoms with Crippen LogP contribution in [0.4, 0.5) is 0 Å². The molecule has 0 spiro atoms. The zero-order valence-corrected chi connectivity index (χ0v) is 31.4. The van der Waals surface area contributed by atoms with Crippen LogP contribution in [0, 0.1) is 27.4 Å². The quantitative estimate of drug-likeness (QED) is 0.128. The molecule has 0 amide bonds. The van der Waals surface area contributed by atoms with E-state index in [4.69, 9.17) is 43.0 Å². The van der Waals surface area contributed by atoms with Gasteiger partial charge < -0.3 is 5.73 Å². The van der Waals surface area contributed by atoms with Crippen molar-refractivity contribution in [3.05, 3.63) is 145 Å². The molecule has 6 rings (SSSR count). The van der Waals surface area contributed by atoms with E-state index in [0.29, 0.717) is 0 Å². The summed E-state index contributed by atoms with van der Waals surface area (Å²) in [6.07, 6.45) is 14.0. The molecular formula is C35H35Cl2N7O8Ru. The van der Waals surface area contributed by atoms with Crippen LogP contribution in [0.25, 0.3) is 34.2 Å². The Morgan fingerprint density at radius 3 is 1.11 bits per heavy atom. The van der Waals surface area contributed by atoms with Gasteiger partial charge in [-0.2, -0.15) is 0 Å². The summed E-state index contributed by atoms with van der Waals surface area (Å²) < 4.78 is 67.9. The maximum Gasteiger partial charge on any atom is 2.00 e. The molecule has 6 aromatic rings. The van der Waals surface area contributed by atoms with E-state index in [-0.39, 0.29) is 19.5 Å². The number of pyridine rings is 6. The van der Waals surface area contributed by atoms with Gasteiger partial charge >= 0.3 is 19.5 Å². The molecule has 0 saturated heterocycles. The molecule has 0 aliphatic carbocycles. The van der Waals surface area contributed by atoms with Crippen LogP contribution in [0.1, 0.15) is 24.0 Å². The number of unbranched alkanes of at least 4 members (excludes halogenated alkanes) is 1. The molecule has 0 aliphatic rings. The van der Waals surface area contributed by atoms with E-state index >= 15 is 0 Å². The molecule has 6 aromatic heterocycles. The molecule has 53 heavy (non-hydrogen) atoms. The maximum absolute atomic E-state index is 8.49.